The molecule has 0 aliphatic heterocycles. The minimum Gasteiger partial charge on any atom is -0.480 e. The Kier molecular flexibility index (Phi) is 10.7. The van der Waals surface area contributed by atoms with Crippen LogP contribution in [-0.4, -0.2) is 40.4 Å². The molecule has 22 heavy (non-hydrogen) atoms. The second-order valence-corrected chi connectivity index (χ2v) is 5.25. The van der Waals surface area contributed by atoms with Crippen molar-refractivity contribution in [2.45, 2.75) is 51.9 Å². The minimum absolute atomic E-state index is 0.185. The second kappa shape index (κ2) is 10.3. The number of nitrogens with one attached hydrogen (secondary N) is 1. The summed E-state index contributed by atoms with van der Waals surface area (Å²) in [5, 5.41) is 16.5. The standard InChI is InChI=1S/C6H10F3NO2.C6H12FNO2/c1-3(6(7,8)9)2-4(10)5(11)12;1-4(2)3-5(8-7)6(9)10/h3-4H,2,10H2,1H3,(H,11,12);4-5,8H,3H2,1-2H3,(H,9,10)/t3?,4-;5-/m00/s1. The molecule has 0 radical (unpaired) electrons. The SMILES string of the molecule is CC(C)C[C@H](NF)C(=O)O.CC(C[C@H](N)C(=O)O)C(F)(F)F. The Morgan fingerprint density at radius 1 is 1.09 bits per heavy atom. The van der Waals surface area contributed by atoms with Crippen molar-refractivity contribution < 1.29 is 37.5 Å². The molecule has 132 valence electrons. The van der Waals surface area contributed by atoms with E-state index in [0.717, 1.165) is 6.92 Å². The fraction of sp³-hybridized carbons (Fsp3) is 0.833. The molecule has 5 N–H and O–H groups in total. The largest absolute Gasteiger partial charge is 0.480 e. The molecule has 0 fully saturated rings. The number of alkyl halides is 3. The number of rotatable bonds is 7. The lowest BCUT2D eigenvalue weighted by Gasteiger charge is -2.16. The number of halogens is 4. The van der Waals surface area contributed by atoms with Crippen LogP contribution in [0.25, 0.3) is 0 Å². The van der Waals surface area contributed by atoms with Gasteiger partial charge in [-0.1, -0.05) is 20.8 Å². The number of carboxylic acids is 2. The molecule has 0 aromatic carbocycles. The predicted octanol–water partition coefficient (Wildman–Crippen LogP) is 1.95. The van der Waals surface area contributed by atoms with Crippen LogP contribution in [-0.2, 0) is 9.59 Å². The van der Waals surface area contributed by atoms with Crippen molar-refractivity contribution in [1.82, 2.24) is 5.54 Å². The molecule has 0 aromatic heterocycles. The van der Waals surface area contributed by atoms with Gasteiger partial charge in [-0.05, 0) is 18.8 Å². The molecule has 6 nitrogen and oxygen atoms in total. The van der Waals surface area contributed by atoms with Crippen LogP contribution in [0.1, 0.15) is 33.6 Å². The Hall–Kier alpha value is -1.42. The van der Waals surface area contributed by atoms with E-state index in [1.54, 1.807) is 0 Å². The van der Waals surface area contributed by atoms with E-state index in [1.165, 1.54) is 5.54 Å². The predicted molar refractivity (Wildman–Crippen MR) is 70.6 cm³/mol. The average molecular weight is 334 g/mol. The van der Waals surface area contributed by atoms with Crippen LogP contribution in [0.2, 0.25) is 0 Å². The molecule has 0 amide bonds. The molecule has 0 saturated heterocycles. The minimum atomic E-state index is -4.37. The molecular weight excluding hydrogens is 312 g/mol. The van der Waals surface area contributed by atoms with Crippen molar-refractivity contribution >= 4 is 11.9 Å². The van der Waals surface area contributed by atoms with Crippen molar-refractivity contribution in [3.8, 4) is 0 Å². The molecule has 0 aromatic rings. The summed E-state index contributed by atoms with van der Waals surface area (Å²) in [5.74, 6) is -4.05. The fourth-order valence-corrected chi connectivity index (χ4v) is 1.28. The number of hydrogen-bond donors (Lipinski definition) is 4. The highest BCUT2D eigenvalue weighted by molar-refractivity contribution is 5.73. The maximum atomic E-state index is 11.8. The van der Waals surface area contributed by atoms with E-state index in [-0.39, 0.29) is 5.92 Å². The summed E-state index contributed by atoms with van der Waals surface area (Å²) in [6, 6.07) is -2.50. The molecule has 10 heteroatoms. The molecule has 0 bridgehead atoms. The Bertz CT molecular complexity index is 351. The van der Waals surface area contributed by atoms with Gasteiger partial charge in [-0.3, -0.25) is 9.59 Å². The normalized spacial score (nSPS) is 15.5. The highest BCUT2D eigenvalue weighted by Crippen LogP contribution is 2.28. The number of carbonyl (C=O) groups is 2. The summed E-state index contributed by atoms with van der Waals surface area (Å²) < 4.78 is 47.1. The first-order valence-electron chi connectivity index (χ1n) is 6.46. The van der Waals surface area contributed by atoms with Gasteiger partial charge in [-0.25, -0.2) is 0 Å². The van der Waals surface area contributed by atoms with Crippen molar-refractivity contribution in [2.75, 3.05) is 0 Å². The molecule has 0 heterocycles. The third-order valence-corrected chi connectivity index (χ3v) is 2.62. The molecule has 3 atom stereocenters. The van der Waals surface area contributed by atoms with E-state index in [0.29, 0.717) is 6.42 Å². The topological polar surface area (TPSA) is 113 Å². The molecule has 0 aliphatic rings. The van der Waals surface area contributed by atoms with Gasteiger partial charge in [-0.2, -0.15) is 13.2 Å². The van der Waals surface area contributed by atoms with Crippen LogP contribution >= 0.6 is 0 Å². The second-order valence-electron chi connectivity index (χ2n) is 5.25. The highest BCUT2D eigenvalue weighted by atomic mass is 19.4. The van der Waals surface area contributed by atoms with Crippen molar-refractivity contribution in [2.24, 2.45) is 17.6 Å². The van der Waals surface area contributed by atoms with Gasteiger partial charge in [0.05, 0.1) is 5.92 Å². The Morgan fingerprint density at radius 3 is 1.73 bits per heavy atom. The van der Waals surface area contributed by atoms with E-state index >= 15 is 0 Å². The van der Waals surface area contributed by atoms with E-state index in [9.17, 15) is 27.2 Å². The van der Waals surface area contributed by atoms with E-state index < -0.39 is 42.5 Å². The lowest BCUT2D eigenvalue weighted by molar-refractivity contribution is -0.173. The number of nitrogens with two attached hydrogens (primary N) is 1. The van der Waals surface area contributed by atoms with Gasteiger partial charge < -0.3 is 15.9 Å². The molecule has 0 spiro atoms. The van der Waals surface area contributed by atoms with Gasteiger partial charge >= 0.3 is 18.1 Å². The number of hydrogen-bond acceptors (Lipinski definition) is 4. The van der Waals surface area contributed by atoms with Gasteiger partial charge in [-0.15, -0.1) is 10.0 Å². The molecule has 0 rings (SSSR count). The lowest BCUT2D eigenvalue weighted by atomic mass is 10.0. The third-order valence-electron chi connectivity index (χ3n) is 2.62. The Balaban J connectivity index is 0. The third kappa shape index (κ3) is 11.3. The average Bonchev–Trinajstić information content (AvgIpc) is 2.34. The zero-order chi connectivity index (χ0) is 18.1. The fourth-order valence-electron chi connectivity index (χ4n) is 1.28. The summed E-state index contributed by atoms with van der Waals surface area (Å²) >= 11 is 0. The summed E-state index contributed by atoms with van der Waals surface area (Å²) in [6.45, 7) is 4.59. The van der Waals surface area contributed by atoms with E-state index in [4.69, 9.17) is 15.9 Å². The lowest BCUT2D eigenvalue weighted by Crippen LogP contribution is -2.35. The smallest absolute Gasteiger partial charge is 0.391 e. The molecular formula is C12H22F4N2O4. The van der Waals surface area contributed by atoms with Gasteiger partial charge in [0.15, 0.2) is 0 Å². The van der Waals surface area contributed by atoms with E-state index in [1.807, 2.05) is 13.8 Å². The van der Waals surface area contributed by atoms with Crippen LogP contribution in [0.5, 0.6) is 0 Å². The molecule has 0 aliphatic carbocycles. The van der Waals surface area contributed by atoms with Crippen molar-refractivity contribution in [3.63, 3.8) is 0 Å². The van der Waals surface area contributed by atoms with Gasteiger partial charge in [0.2, 0.25) is 0 Å². The van der Waals surface area contributed by atoms with E-state index in [2.05, 4.69) is 0 Å². The number of carboxylic acid groups (broad SMARTS) is 2. The zero-order valence-corrected chi connectivity index (χ0v) is 12.5. The van der Waals surface area contributed by atoms with Gasteiger partial charge in [0.1, 0.15) is 12.1 Å². The number of aliphatic carboxylic acids is 2. The first kappa shape index (κ1) is 22.9. The maximum Gasteiger partial charge on any atom is 0.391 e. The first-order valence-corrected chi connectivity index (χ1v) is 6.46. The Labute approximate surface area is 125 Å². The summed E-state index contributed by atoms with van der Waals surface area (Å²) in [5.41, 5.74) is 6.15. The molecule has 0 saturated carbocycles. The zero-order valence-electron chi connectivity index (χ0n) is 12.5. The van der Waals surface area contributed by atoms with Crippen molar-refractivity contribution in [3.05, 3.63) is 0 Å². The van der Waals surface area contributed by atoms with Gasteiger partial charge in [0, 0.05) is 0 Å². The van der Waals surface area contributed by atoms with Crippen LogP contribution < -0.4 is 11.3 Å². The van der Waals surface area contributed by atoms with Crippen molar-refractivity contribution in [1.29, 1.82) is 0 Å². The van der Waals surface area contributed by atoms with Crippen LogP contribution in [0, 0.1) is 11.8 Å². The highest BCUT2D eigenvalue weighted by Gasteiger charge is 2.37. The summed E-state index contributed by atoms with van der Waals surface area (Å²) in [4.78, 5) is 20.2. The summed E-state index contributed by atoms with van der Waals surface area (Å²) in [7, 11) is 0. The van der Waals surface area contributed by atoms with Crippen LogP contribution in [0.3, 0.4) is 0 Å². The van der Waals surface area contributed by atoms with Gasteiger partial charge in [0.25, 0.3) is 0 Å². The molecule has 1 unspecified atom stereocenters. The quantitative estimate of drug-likeness (QED) is 0.418. The summed E-state index contributed by atoms with van der Waals surface area (Å²) in [6.07, 6.45) is -4.64. The van der Waals surface area contributed by atoms with Crippen LogP contribution in [0.15, 0.2) is 0 Å². The first-order chi connectivity index (χ1) is 9.82. The van der Waals surface area contributed by atoms with Crippen LogP contribution in [0.4, 0.5) is 17.7 Å². The Morgan fingerprint density at radius 2 is 1.55 bits per heavy atom. The maximum absolute atomic E-state index is 11.8. The monoisotopic (exact) mass is 334 g/mol.